The molecule has 0 saturated carbocycles. The smallest absolute Gasteiger partial charge is 0.408 e. The Hall–Kier alpha value is -1.75. The highest BCUT2D eigenvalue weighted by atomic mass is 35.5. The molecule has 0 spiro atoms. The van der Waals surface area contributed by atoms with E-state index in [4.69, 9.17) is 16.0 Å². The van der Waals surface area contributed by atoms with E-state index < -0.39 is 5.76 Å². The molecular formula is C10H9ClN2O3. The minimum atomic E-state index is -0.434. The minimum Gasteiger partial charge on any atom is -0.408 e. The van der Waals surface area contributed by atoms with Gasteiger partial charge in [0, 0.05) is 12.7 Å². The maximum absolute atomic E-state index is 11.2. The fourth-order valence-electron chi connectivity index (χ4n) is 1.40. The summed E-state index contributed by atoms with van der Waals surface area (Å²) in [6.07, 6.45) is 0. The predicted octanol–water partition coefficient (Wildman–Crippen LogP) is 1.31. The van der Waals surface area contributed by atoms with Crippen molar-refractivity contribution < 1.29 is 9.21 Å². The van der Waals surface area contributed by atoms with E-state index in [1.165, 1.54) is 4.57 Å². The van der Waals surface area contributed by atoms with Gasteiger partial charge >= 0.3 is 5.76 Å². The van der Waals surface area contributed by atoms with E-state index in [2.05, 4.69) is 5.32 Å². The predicted molar refractivity (Wildman–Crippen MR) is 60.8 cm³/mol. The maximum atomic E-state index is 11.2. The third-order valence-corrected chi connectivity index (χ3v) is 2.44. The third-order valence-electron chi connectivity index (χ3n) is 2.20. The molecule has 0 aliphatic heterocycles. The van der Waals surface area contributed by atoms with Gasteiger partial charge in [-0.15, -0.1) is 11.6 Å². The quantitative estimate of drug-likeness (QED) is 0.805. The molecule has 5 nitrogen and oxygen atoms in total. The molecule has 0 atom stereocenters. The van der Waals surface area contributed by atoms with E-state index >= 15 is 0 Å². The summed E-state index contributed by atoms with van der Waals surface area (Å²) in [5.74, 6) is -0.840. The number of rotatable bonds is 2. The van der Waals surface area contributed by atoms with Crippen molar-refractivity contribution in [3.05, 3.63) is 28.7 Å². The summed E-state index contributed by atoms with van der Waals surface area (Å²) in [5.41, 5.74) is 1.68. The van der Waals surface area contributed by atoms with Crippen LogP contribution in [0.1, 0.15) is 0 Å². The summed E-state index contributed by atoms with van der Waals surface area (Å²) >= 11 is 5.37. The van der Waals surface area contributed by atoms with Crippen LogP contribution >= 0.6 is 11.6 Å². The summed E-state index contributed by atoms with van der Waals surface area (Å²) in [6, 6.07) is 4.93. The largest absolute Gasteiger partial charge is 0.419 e. The van der Waals surface area contributed by atoms with Crippen LogP contribution in [0.3, 0.4) is 0 Å². The summed E-state index contributed by atoms with van der Waals surface area (Å²) in [5, 5.41) is 2.59. The van der Waals surface area contributed by atoms with E-state index in [0.29, 0.717) is 16.8 Å². The monoisotopic (exact) mass is 240 g/mol. The Morgan fingerprint density at radius 1 is 1.56 bits per heavy atom. The zero-order valence-electron chi connectivity index (χ0n) is 8.49. The number of nitrogens with one attached hydrogen (secondary N) is 1. The minimum absolute atomic E-state index is 0.109. The SMILES string of the molecule is Cn1c(=O)oc2ccc(NC(=O)CCl)cc21. The molecule has 2 rings (SSSR count). The van der Waals surface area contributed by atoms with Gasteiger partial charge in [0.25, 0.3) is 0 Å². The molecule has 0 unspecified atom stereocenters. The molecule has 0 fully saturated rings. The maximum Gasteiger partial charge on any atom is 0.419 e. The number of benzene rings is 1. The molecule has 0 bridgehead atoms. The van der Waals surface area contributed by atoms with Gasteiger partial charge < -0.3 is 9.73 Å². The van der Waals surface area contributed by atoms with Crippen molar-refractivity contribution in [1.82, 2.24) is 4.57 Å². The molecule has 1 aromatic heterocycles. The van der Waals surface area contributed by atoms with Crippen LogP contribution in [0, 0.1) is 0 Å². The van der Waals surface area contributed by atoms with Gasteiger partial charge in [0.1, 0.15) is 5.88 Å². The van der Waals surface area contributed by atoms with Crippen molar-refractivity contribution in [2.45, 2.75) is 0 Å². The first-order valence-electron chi connectivity index (χ1n) is 4.57. The topological polar surface area (TPSA) is 64.2 Å². The molecule has 16 heavy (non-hydrogen) atoms. The van der Waals surface area contributed by atoms with Gasteiger partial charge in [-0.3, -0.25) is 9.36 Å². The van der Waals surface area contributed by atoms with Crippen LogP contribution in [0.15, 0.2) is 27.4 Å². The Balaban J connectivity index is 2.47. The first kappa shape index (κ1) is 10.8. The molecule has 0 radical (unpaired) electrons. The lowest BCUT2D eigenvalue weighted by Crippen LogP contribution is -2.12. The summed E-state index contributed by atoms with van der Waals surface area (Å²) in [7, 11) is 1.60. The van der Waals surface area contributed by atoms with Crippen molar-refractivity contribution in [1.29, 1.82) is 0 Å². The van der Waals surface area contributed by atoms with Crippen molar-refractivity contribution >= 4 is 34.3 Å². The lowest BCUT2D eigenvalue weighted by molar-refractivity contribution is -0.113. The molecule has 84 valence electrons. The molecule has 1 aromatic carbocycles. The highest BCUT2D eigenvalue weighted by Gasteiger charge is 2.07. The lowest BCUT2D eigenvalue weighted by Gasteiger charge is -2.02. The fraction of sp³-hybridized carbons (Fsp3) is 0.200. The number of alkyl halides is 1. The van der Waals surface area contributed by atoms with E-state index in [1.807, 2.05) is 0 Å². The molecule has 0 saturated heterocycles. The molecule has 0 aliphatic rings. The molecular weight excluding hydrogens is 232 g/mol. The van der Waals surface area contributed by atoms with Crippen LogP contribution in [0.2, 0.25) is 0 Å². The van der Waals surface area contributed by atoms with E-state index in [9.17, 15) is 9.59 Å². The molecule has 1 amide bonds. The Morgan fingerprint density at radius 2 is 2.31 bits per heavy atom. The number of fused-ring (bicyclic) bond motifs is 1. The van der Waals surface area contributed by atoms with Gasteiger partial charge in [-0.05, 0) is 18.2 Å². The van der Waals surface area contributed by atoms with Gasteiger partial charge in [-0.25, -0.2) is 4.79 Å². The van der Waals surface area contributed by atoms with E-state index in [1.54, 1.807) is 25.2 Å². The van der Waals surface area contributed by atoms with Crippen molar-refractivity contribution in [3.8, 4) is 0 Å². The molecule has 1 heterocycles. The van der Waals surface area contributed by atoms with E-state index in [0.717, 1.165) is 0 Å². The number of halogens is 1. The van der Waals surface area contributed by atoms with Crippen molar-refractivity contribution in [3.63, 3.8) is 0 Å². The first-order chi connectivity index (χ1) is 7.61. The zero-order chi connectivity index (χ0) is 11.7. The number of aromatic nitrogens is 1. The number of anilines is 1. The average Bonchev–Trinajstić information content (AvgIpc) is 2.55. The highest BCUT2D eigenvalue weighted by molar-refractivity contribution is 6.29. The number of oxazole rings is 1. The normalized spacial score (nSPS) is 10.6. The second-order valence-corrected chi connectivity index (χ2v) is 3.56. The number of aryl methyl sites for hydroxylation is 1. The van der Waals surface area contributed by atoms with Gasteiger partial charge in [-0.1, -0.05) is 0 Å². The molecule has 0 aliphatic carbocycles. The number of nitrogens with zero attached hydrogens (tertiary/aromatic N) is 1. The zero-order valence-corrected chi connectivity index (χ0v) is 9.25. The van der Waals surface area contributed by atoms with Crippen molar-refractivity contribution in [2.24, 2.45) is 7.05 Å². The van der Waals surface area contributed by atoms with Gasteiger partial charge in [0.15, 0.2) is 5.58 Å². The van der Waals surface area contributed by atoms with Gasteiger partial charge in [-0.2, -0.15) is 0 Å². The number of hydrogen-bond acceptors (Lipinski definition) is 3. The number of amides is 1. The third kappa shape index (κ3) is 1.81. The van der Waals surface area contributed by atoms with Crippen molar-refractivity contribution in [2.75, 3.05) is 11.2 Å². The van der Waals surface area contributed by atoms with Crippen LogP contribution in [-0.4, -0.2) is 16.4 Å². The number of carbonyl (C=O) groups is 1. The van der Waals surface area contributed by atoms with Gasteiger partial charge in [0.2, 0.25) is 5.91 Å². The summed E-state index contributed by atoms with van der Waals surface area (Å²) in [6.45, 7) is 0. The Bertz CT molecular complexity index is 600. The molecule has 1 N–H and O–H groups in total. The fourth-order valence-corrected chi connectivity index (χ4v) is 1.47. The van der Waals surface area contributed by atoms with Crippen LogP contribution in [-0.2, 0) is 11.8 Å². The Labute approximate surface area is 95.6 Å². The molecule has 6 heteroatoms. The lowest BCUT2D eigenvalue weighted by atomic mass is 10.3. The van der Waals surface area contributed by atoms with Crippen LogP contribution in [0.4, 0.5) is 5.69 Å². The Morgan fingerprint density at radius 3 is 3.00 bits per heavy atom. The van der Waals surface area contributed by atoms with Crippen LogP contribution in [0.5, 0.6) is 0 Å². The van der Waals surface area contributed by atoms with Crippen LogP contribution in [0.25, 0.3) is 11.1 Å². The number of carbonyl (C=O) groups excluding carboxylic acids is 1. The first-order valence-corrected chi connectivity index (χ1v) is 5.10. The summed E-state index contributed by atoms with van der Waals surface area (Å²) in [4.78, 5) is 22.3. The van der Waals surface area contributed by atoms with Crippen LogP contribution < -0.4 is 11.1 Å². The second-order valence-electron chi connectivity index (χ2n) is 3.29. The average molecular weight is 241 g/mol. The number of hydrogen-bond donors (Lipinski definition) is 1. The van der Waals surface area contributed by atoms with E-state index in [-0.39, 0.29) is 11.8 Å². The second kappa shape index (κ2) is 4.02. The highest BCUT2D eigenvalue weighted by Crippen LogP contribution is 2.17. The standard InChI is InChI=1S/C10H9ClN2O3/c1-13-7-4-6(12-9(14)5-11)2-3-8(7)16-10(13)15/h2-4H,5H2,1H3,(H,12,14). The Kier molecular flexibility index (Phi) is 2.70. The summed E-state index contributed by atoms with van der Waals surface area (Å²) < 4.78 is 6.32. The van der Waals surface area contributed by atoms with Gasteiger partial charge in [0.05, 0.1) is 5.52 Å². The molecule has 2 aromatic rings.